The van der Waals surface area contributed by atoms with E-state index < -0.39 is 0 Å². The largest absolute Gasteiger partial charge is 0.388 e. The molecule has 3 heterocycles. The van der Waals surface area contributed by atoms with E-state index in [0.29, 0.717) is 16.8 Å². The smallest absolute Gasteiger partial charge is 0.158 e. The van der Waals surface area contributed by atoms with Gasteiger partial charge in [-0.2, -0.15) is 5.10 Å². The number of nitrogens with zero attached hydrogens (tertiary/aromatic N) is 6. The summed E-state index contributed by atoms with van der Waals surface area (Å²) in [5, 5.41) is 22.4. The molecule has 1 N–H and O–H groups in total. The summed E-state index contributed by atoms with van der Waals surface area (Å²) in [6.07, 6.45) is 5.77. The van der Waals surface area contributed by atoms with E-state index in [4.69, 9.17) is 11.6 Å². The Labute approximate surface area is 134 Å². The van der Waals surface area contributed by atoms with Gasteiger partial charge in [0.2, 0.25) is 0 Å². The average Bonchev–Trinajstić information content (AvgIpc) is 3.11. The molecule has 1 aliphatic rings. The number of piperidine rings is 1. The van der Waals surface area contributed by atoms with E-state index in [1.54, 1.807) is 6.20 Å². The minimum Gasteiger partial charge on any atom is -0.388 e. The van der Waals surface area contributed by atoms with E-state index in [0.717, 1.165) is 44.8 Å². The van der Waals surface area contributed by atoms with E-state index in [9.17, 15) is 5.11 Å². The van der Waals surface area contributed by atoms with E-state index in [1.165, 1.54) is 0 Å². The molecule has 8 heteroatoms. The van der Waals surface area contributed by atoms with Crippen LogP contribution in [0.5, 0.6) is 0 Å². The lowest BCUT2D eigenvalue weighted by molar-refractivity contribution is 0.193. The normalized spacial score (nSPS) is 19.7. The zero-order valence-corrected chi connectivity index (χ0v) is 13.4. The topological polar surface area (TPSA) is 72.0 Å². The van der Waals surface area contributed by atoms with Crippen molar-refractivity contribution in [2.45, 2.75) is 31.9 Å². The van der Waals surface area contributed by atoms with Gasteiger partial charge >= 0.3 is 0 Å². The highest BCUT2D eigenvalue weighted by atomic mass is 35.5. The molecule has 1 atom stereocenters. The van der Waals surface area contributed by atoms with E-state index in [1.807, 2.05) is 22.5 Å². The highest BCUT2D eigenvalue weighted by molar-refractivity contribution is 6.30. The lowest BCUT2D eigenvalue weighted by atomic mass is 9.97. The third kappa shape index (κ3) is 3.31. The second-order valence-electron chi connectivity index (χ2n) is 5.75. The molecule has 0 amide bonds. The van der Waals surface area contributed by atoms with Crippen molar-refractivity contribution >= 4 is 11.6 Å². The molecule has 0 aromatic carbocycles. The number of halogens is 1. The molecule has 1 saturated heterocycles. The van der Waals surface area contributed by atoms with Gasteiger partial charge in [0.1, 0.15) is 12.4 Å². The monoisotopic (exact) mass is 324 g/mol. The summed E-state index contributed by atoms with van der Waals surface area (Å²) in [5.74, 6) is 1.96. The Hall–Kier alpha value is -1.44. The van der Waals surface area contributed by atoms with Crippen LogP contribution in [0.1, 0.15) is 30.4 Å². The highest BCUT2D eigenvalue weighted by Crippen LogP contribution is 2.25. The molecule has 2 aromatic heterocycles. The van der Waals surface area contributed by atoms with E-state index >= 15 is 0 Å². The minimum absolute atomic E-state index is 0.0695. The van der Waals surface area contributed by atoms with Crippen LogP contribution in [0.25, 0.3) is 0 Å². The van der Waals surface area contributed by atoms with Crippen molar-refractivity contribution in [1.82, 2.24) is 29.4 Å². The molecule has 2 aromatic rings. The summed E-state index contributed by atoms with van der Waals surface area (Å²) in [7, 11) is 1.92. The van der Waals surface area contributed by atoms with Gasteiger partial charge in [-0.05, 0) is 19.4 Å². The molecule has 22 heavy (non-hydrogen) atoms. The molecule has 0 bridgehead atoms. The fourth-order valence-electron chi connectivity index (χ4n) is 3.04. The molecule has 1 aliphatic heterocycles. The summed E-state index contributed by atoms with van der Waals surface area (Å²) >= 11 is 5.88. The number of hydrogen-bond donors (Lipinski definition) is 1. The van der Waals surface area contributed by atoms with Gasteiger partial charge in [-0.25, -0.2) is 0 Å². The molecule has 3 rings (SSSR count). The van der Waals surface area contributed by atoms with Crippen LogP contribution in [0.2, 0.25) is 5.02 Å². The van der Waals surface area contributed by atoms with Gasteiger partial charge in [0, 0.05) is 32.3 Å². The second-order valence-corrected chi connectivity index (χ2v) is 6.19. The second kappa shape index (κ2) is 6.76. The zero-order chi connectivity index (χ0) is 15.5. The van der Waals surface area contributed by atoms with Crippen molar-refractivity contribution in [2.24, 2.45) is 7.05 Å². The van der Waals surface area contributed by atoms with Crippen LogP contribution in [-0.2, 0) is 20.2 Å². The predicted molar refractivity (Wildman–Crippen MR) is 82.6 cm³/mol. The summed E-state index contributed by atoms with van der Waals surface area (Å²) in [6.45, 7) is 3.77. The lowest BCUT2D eigenvalue weighted by Crippen LogP contribution is -2.37. The van der Waals surface area contributed by atoms with Crippen molar-refractivity contribution in [3.05, 3.63) is 29.1 Å². The number of aliphatic hydroxyl groups is 1. The fraction of sp³-hybridized carbons (Fsp3) is 0.643. The number of aromatic nitrogens is 5. The van der Waals surface area contributed by atoms with Crippen molar-refractivity contribution in [3.8, 4) is 0 Å². The van der Waals surface area contributed by atoms with Crippen LogP contribution in [0.15, 0.2) is 12.4 Å². The van der Waals surface area contributed by atoms with Crippen molar-refractivity contribution in [3.63, 3.8) is 0 Å². The Morgan fingerprint density at radius 3 is 2.91 bits per heavy atom. The average molecular weight is 325 g/mol. The molecular formula is C14H21ClN6O. The van der Waals surface area contributed by atoms with Gasteiger partial charge in [0.25, 0.3) is 0 Å². The molecule has 120 valence electrons. The third-order valence-electron chi connectivity index (χ3n) is 4.26. The maximum absolute atomic E-state index is 9.24. The Balaban J connectivity index is 1.60. The zero-order valence-electron chi connectivity index (χ0n) is 12.7. The lowest BCUT2D eigenvalue weighted by Gasteiger charge is -2.32. The van der Waals surface area contributed by atoms with Crippen molar-refractivity contribution < 1.29 is 5.11 Å². The molecular weight excluding hydrogens is 304 g/mol. The van der Waals surface area contributed by atoms with Crippen LogP contribution in [-0.4, -0.2) is 54.2 Å². The number of likely N-dealkylation sites (tertiary alicyclic amines) is 1. The Morgan fingerprint density at radius 1 is 1.36 bits per heavy atom. The van der Waals surface area contributed by atoms with Crippen LogP contribution in [0.4, 0.5) is 0 Å². The van der Waals surface area contributed by atoms with Gasteiger partial charge in [-0.1, -0.05) is 11.6 Å². The van der Waals surface area contributed by atoms with Gasteiger partial charge < -0.3 is 14.6 Å². The van der Waals surface area contributed by atoms with E-state index in [2.05, 4.69) is 20.2 Å². The van der Waals surface area contributed by atoms with Crippen LogP contribution in [0.3, 0.4) is 0 Å². The summed E-state index contributed by atoms with van der Waals surface area (Å²) < 4.78 is 3.79. The number of rotatable bonds is 5. The quantitative estimate of drug-likeness (QED) is 0.889. The van der Waals surface area contributed by atoms with Gasteiger partial charge in [-0.3, -0.25) is 4.68 Å². The Morgan fingerprint density at radius 2 is 2.23 bits per heavy atom. The molecule has 1 fully saturated rings. The van der Waals surface area contributed by atoms with Gasteiger partial charge in [-0.15, -0.1) is 10.2 Å². The standard InChI is InChI=1S/C14H21ClN6O/c1-19-13(10-22)17-18-14(19)11-3-2-4-20(8-11)5-6-21-9-12(15)7-16-21/h7,9,11,22H,2-6,8,10H2,1H3/t11-/m1/s1. The molecule has 0 spiro atoms. The van der Waals surface area contributed by atoms with Crippen molar-refractivity contribution in [1.29, 1.82) is 0 Å². The Bertz CT molecular complexity index is 625. The summed E-state index contributed by atoms with van der Waals surface area (Å²) in [6, 6.07) is 0. The van der Waals surface area contributed by atoms with Crippen LogP contribution in [0, 0.1) is 0 Å². The first-order valence-corrected chi connectivity index (χ1v) is 7.94. The molecule has 0 aliphatic carbocycles. The maximum atomic E-state index is 9.24. The molecule has 0 unspecified atom stereocenters. The number of aliphatic hydroxyl groups excluding tert-OH is 1. The summed E-state index contributed by atoms with van der Waals surface area (Å²) in [4.78, 5) is 2.43. The Kier molecular flexibility index (Phi) is 4.75. The van der Waals surface area contributed by atoms with E-state index in [-0.39, 0.29) is 6.61 Å². The summed E-state index contributed by atoms with van der Waals surface area (Å²) in [5.41, 5.74) is 0. The third-order valence-corrected chi connectivity index (χ3v) is 4.45. The predicted octanol–water partition coefficient (Wildman–Crippen LogP) is 1.04. The minimum atomic E-state index is -0.0695. The first-order chi connectivity index (χ1) is 10.7. The molecule has 0 saturated carbocycles. The van der Waals surface area contributed by atoms with Crippen LogP contribution < -0.4 is 0 Å². The maximum Gasteiger partial charge on any atom is 0.158 e. The first kappa shape index (κ1) is 15.5. The van der Waals surface area contributed by atoms with Gasteiger partial charge in [0.15, 0.2) is 5.82 Å². The highest BCUT2D eigenvalue weighted by Gasteiger charge is 2.25. The van der Waals surface area contributed by atoms with Gasteiger partial charge in [0.05, 0.1) is 17.8 Å². The number of hydrogen-bond acceptors (Lipinski definition) is 5. The SMILES string of the molecule is Cn1c(CO)nnc1[C@@H]1CCCN(CCn2cc(Cl)cn2)C1. The van der Waals surface area contributed by atoms with Crippen molar-refractivity contribution in [2.75, 3.05) is 19.6 Å². The molecule has 7 nitrogen and oxygen atoms in total. The van der Waals surface area contributed by atoms with Crippen LogP contribution >= 0.6 is 11.6 Å². The molecule has 0 radical (unpaired) electrons. The fourth-order valence-corrected chi connectivity index (χ4v) is 3.20. The first-order valence-electron chi connectivity index (χ1n) is 7.56.